The SMILES string of the molecule is Cc1ccccc1N/C(=C/C(=O)C1=CC=CC1)c1ccccc1. The van der Waals surface area contributed by atoms with E-state index in [0.29, 0.717) is 6.42 Å². The van der Waals surface area contributed by atoms with E-state index in [4.69, 9.17) is 0 Å². The maximum Gasteiger partial charge on any atom is 0.184 e. The standard InChI is InChI=1S/C21H19NO/c1-16-9-5-8-14-19(16)22-20(17-10-3-2-4-11-17)15-21(23)18-12-6-7-13-18/h2-12,14-15,22H,13H2,1H3/b20-15+. The number of aryl methyl sites for hydroxylation is 1. The summed E-state index contributed by atoms with van der Waals surface area (Å²) in [5.41, 5.74) is 4.79. The summed E-state index contributed by atoms with van der Waals surface area (Å²) in [6.07, 6.45) is 8.22. The molecular formula is C21H19NO. The highest BCUT2D eigenvalue weighted by atomic mass is 16.1. The van der Waals surface area contributed by atoms with Gasteiger partial charge in [-0.15, -0.1) is 0 Å². The fourth-order valence-electron chi connectivity index (χ4n) is 2.52. The highest BCUT2D eigenvalue weighted by molar-refractivity contribution is 6.09. The molecule has 0 heterocycles. The number of nitrogens with one attached hydrogen (secondary N) is 1. The quantitative estimate of drug-likeness (QED) is 0.796. The van der Waals surface area contributed by atoms with Gasteiger partial charge in [0.2, 0.25) is 0 Å². The zero-order valence-electron chi connectivity index (χ0n) is 13.1. The van der Waals surface area contributed by atoms with Gasteiger partial charge in [-0.2, -0.15) is 0 Å². The second-order valence-electron chi connectivity index (χ2n) is 5.55. The Hall–Kier alpha value is -2.87. The van der Waals surface area contributed by atoms with Crippen molar-refractivity contribution in [2.45, 2.75) is 13.3 Å². The Bertz CT molecular complexity index is 798. The van der Waals surface area contributed by atoms with Crippen LogP contribution in [0.25, 0.3) is 5.70 Å². The van der Waals surface area contributed by atoms with Crippen molar-refractivity contribution >= 4 is 17.2 Å². The number of allylic oxidation sites excluding steroid dienone is 5. The van der Waals surface area contributed by atoms with E-state index in [1.165, 1.54) is 0 Å². The molecule has 2 aromatic rings. The molecule has 2 aromatic carbocycles. The molecule has 1 N–H and O–H groups in total. The van der Waals surface area contributed by atoms with Crippen LogP contribution in [0.4, 0.5) is 5.69 Å². The Morgan fingerprint density at radius 3 is 2.48 bits per heavy atom. The second-order valence-corrected chi connectivity index (χ2v) is 5.55. The smallest absolute Gasteiger partial charge is 0.184 e. The number of hydrogen-bond acceptors (Lipinski definition) is 2. The van der Waals surface area contributed by atoms with E-state index < -0.39 is 0 Å². The second kappa shape index (κ2) is 6.93. The van der Waals surface area contributed by atoms with Crippen LogP contribution >= 0.6 is 0 Å². The summed E-state index contributed by atoms with van der Waals surface area (Å²) in [5.74, 6) is 0.0509. The number of para-hydroxylation sites is 1. The van der Waals surface area contributed by atoms with Crippen LogP contribution in [0.3, 0.4) is 0 Å². The number of carbonyl (C=O) groups is 1. The molecule has 0 amide bonds. The van der Waals surface area contributed by atoms with E-state index in [9.17, 15) is 4.79 Å². The van der Waals surface area contributed by atoms with Crippen molar-refractivity contribution in [3.05, 3.63) is 95.6 Å². The maximum absolute atomic E-state index is 12.5. The van der Waals surface area contributed by atoms with Crippen molar-refractivity contribution in [2.75, 3.05) is 5.32 Å². The highest BCUT2D eigenvalue weighted by Crippen LogP contribution is 2.23. The van der Waals surface area contributed by atoms with Crippen LogP contribution in [0.15, 0.2) is 84.5 Å². The summed E-state index contributed by atoms with van der Waals surface area (Å²) in [6.45, 7) is 2.05. The van der Waals surface area contributed by atoms with Gasteiger partial charge in [-0.3, -0.25) is 4.79 Å². The first-order valence-electron chi connectivity index (χ1n) is 7.74. The lowest BCUT2D eigenvalue weighted by molar-refractivity contribution is -0.111. The van der Waals surface area contributed by atoms with Crippen LogP contribution in [0.1, 0.15) is 17.5 Å². The van der Waals surface area contributed by atoms with Gasteiger partial charge in [0.05, 0.1) is 0 Å². The van der Waals surface area contributed by atoms with Crippen LogP contribution in [-0.4, -0.2) is 5.78 Å². The van der Waals surface area contributed by atoms with Gasteiger partial charge in [0, 0.05) is 23.0 Å². The molecule has 0 radical (unpaired) electrons. The van der Waals surface area contributed by atoms with Gasteiger partial charge in [-0.1, -0.05) is 66.8 Å². The van der Waals surface area contributed by atoms with Gasteiger partial charge in [0.15, 0.2) is 5.78 Å². The van der Waals surface area contributed by atoms with Crippen LogP contribution in [-0.2, 0) is 4.79 Å². The van der Waals surface area contributed by atoms with E-state index in [2.05, 4.69) is 18.3 Å². The Labute approximate surface area is 136 Å². The largest absolute Gasteiger partial charge is 0.355 e. The third-order valence-electron chi connectivity index (χ3n) is 3.86. The normalized spacial score (nSPS) is 13.8. The zero-order valence-corrected chi connectivity index (χ0v) is 13.1. The van der Waals surface area contributed by atoms with Crippen molar-refractivity contribution in [3.8, 4) is 0 Å². The fourth-order valence-corrected chi connectivity index (χ4v) is 2.52. The van der Waals surface area contributed by atoms with E-state index in [-0.39, 0.29) is 5.78 Å². The average molecular weight is 301 g/mol. The minimum Gasteiger partial charge on any atom is -0.355 e. The van der Waals surface area contributed by atoms with Gasteiger partial charge in [-0.05, 0) is 30.5 Å². The molecule has 0 atom stereocenters. The molecule has 23 heavy (non-hydrogen) atoms. The third-order valence-corrected chi connectivity index (χ3v) is 3.86. The number of rotatable bonds is 5. The first-order valence-corrected chi connectivity index (χ1v) is 7.74. The number of benzene rings is 2. The van der Waals surface area contributed by atoms with Crippen molar-refractivity contribution in [2.24, 2.45) is 0 Å². The predicted molar refractivity (Wildman–Crippen MR) is 96.1 cm³/mol. The number of carbonyl (C=O) groups excluding carboxylic acids is 1. The molecule has 0 aliphatic heterocycles. The Balaban J connectivity index is 1.94. The van der Waals surface area contributed by atoms with E-state index in [0.717, 1.165) is 28.1 Å². The number of anilines is 1. The van der Waals surface area contributed by atoms with Gasteiger partial charge in [-0.25, -0.2) is 0 Å². The Morgan fingerprint density at radius 1 is 1.04 bits per heavy atom. The molecule has 0 spiro atoms. The molecule has 2 nitrogen and oxygen atoms in total. The van der Waals surface area contributed by atoms with Gasteiger partial charge < -0.3 is 5.32 Å². The lowest BCUT2D eigenvalue weighted by Crippen LogP contribution is -2.05. The van der Waals surface area contributed by atoms with Gasteiger partial charge in [0.25, 0.3) is 0 Å². The molecular weight excluding hydrogens is 282 g/mol. The highest BCUT2D eigenvalue weighted by Gasteiger charge is 2.11. The predicted octanol–water partition coefficient (Wildman–Crippen LogP) is 4.90. The van der Waals surface area contributed by atoms with Crippen LogP contribution in [0.2, 0.25) is 0 Å². The van der Waals surface area contributed by atoms with Crippen molar-refractivity contribution in [3.63, 3.8) is 0 Å². The molecule has 0 saturated heterocycles. The summed E-state index contributed by atoms with van der Waals surface area (Å²) in [7, 11) is 0. The molecule has 0 unspecified atom stereocenters. The summed E-state index contributed by atoms with van der Waals surface area (Å²) in [4.78, 5) is 12.5. The average Bonchev–Trinajstić information content (AvgIpc) is 3.11. The van der Waals surface area contributed by atoms with Crippen LogP contribution < -0.4 is 5.32 Å². The minimum atomic E-state index is 0.0509. The van der Waals surface area contributed by atoms with Crippen LogP contribution in [0, 0.1) is 6.92 Å². The first kappa shape index (κ1) is 15.0. The number of hydrogen-bond donors (Lipinski definition) is 1. The molecule has 114 valence electrons. The van der Waals surface area contributed by atoms with E-state index in [1.807, 2.05) is 66.8 Å². The van der Waals surface area contributed by atoms with Gasteiger partial charge in [0.1, 0.15) is 0 Å². The monoisotopic (exact) mass is 301 g/mol. The summed E-state index contributed by atoms with van der Waals surface area (Å²) >= 11 is 0. The summed E-state index contributed by atoms with van der Waals surface area (Å²) in [6, 6.07) is 18.0. The Morgan fingerprint density at radius 2 is 1.78 bits per heavy atom. The van der Waals surface area contributed by atoms with Crippen molar-refractivity contribution in [1.29, 1.82) is 0 Å². The summed E-state index contributed by atoms with van der Waals surface area (Å²) in [5, 5.41) is 3.41. The van der Waals surface area contributed by atoms with Crippen LogP contribution in [0.5, 0.6) is 0 Å². The molecule has 1 aliphatic carbocycles. The van der Waals surface area contributed by atoms with Gasteiger partial charge >= 0.3 is 0 Å². The molecule has 2 heteroatoms. The van der Waals surface area contributed by atoms with Crippen molar-refractivity contribution < 1.29 is 4.79 Å². The van der Waals surface area contributed by atoms with E-state index >= 15 is 0 Å². The topological polar surface area (TPSA) is 29.1 Å². The molecule has 1 aliphatic rings. The first-order chi connectivity index (χ1) is 11.2. The molecule has 3 rings (SSSR count). The van der Waals surface area contributed by atoms with E-state index in [1.54, 1.807) is 6.08 Å². The Kier molecular flexibility index (Phi) is 4.53. The third kappa shape index (κ3) is 3.67. The summed E-state index contributed by atoms with van der Waals surface area (Å²) < 4.78 is 0. The fraction of sp³-hybridized carbons (Fsp3) is 0.0952. The minimum absolute atomic E-state index is 0.0509. The molecule has 0 bridgehead atoms. The lowest BCUT2D eigenvalue weighted by Gasteiger charge is -2.13. The lowest BCUT2D eigenvalue weighted by atomic mass is 10.1. The van der Waals surface area contributed by atoms with Crippen molar-refractivity contribution in [1.82, 2.24) is 0 Å². The molecule has 0 fully saturated rings. The molecule has 0 aromatic heterocycles. The zero-order chi connectivity index (χ0) is 16.1. The maximum atomic E-state index is 12.5. The number of ketones is 1. The molecule has 0 saturated carbocycles.